The predicted octanol–water partition coefficient (Wildman–Crippen LogP) is 2.27. The van der Waals surface area contributed by atoms with Crippen molar-refractivity contribution in [3.8, 4) is 0 Å². The number of hydrogen-bond acceptors (Lipinski definition) is 6. The van der Waals surface area contributed by atoms with Crippen molar-refractivity contribution in [2.75, 3.05) is 20.8 Å². The highest BCUT2D eigenvalue weighted by atomic mass is 32.2. The van der Waals surface area contributed by atoms with Gasteiger partial charge in [-0.1, -0.05) is 30.3 Å². The molecule has 2 aromatic rings. The molecule has 0 aromatic heterocycles. The summed E-state index contributed by atoms with van der Waals surface area (Å²) >= 11 is 0. The fraction of sp³-hybridized carbons (Fsp3) is 0.300. The molecule has 0 atom stereocenters. The average molecular weight is 403 g/mol. The number of benzene rings is 2. The first-order valence-corrected chi connectivity index (χ1v) is 10.2. The molecular formula is C20H21NO6S. The number of hydrogen-bond donors (Lipinski definition) is 1. The van der Waals surface area contributed by atoms with Crippen molar-refractivity contribution in [3.05, 3.63) is 65.2 Å². The number of carbonyl (C=O) groups excluding carboxylic acids is 2. The van der Waals surface area contributed by atoms with Crippen molar-refractivity contribution in [3.63, 3.8) is 0 Å². The molecule has 0 aliphatic heterocycles. The molecule has 0 heterocycles. The zero-order chi connectivity index (χ0) is 20.4. The van der Waals surface area contributed by atoms with Gasteiger partial charge in [-0.3, -0.25) is 0 Å². The second-order valence-electron chi connectivity index (χ2n) is 6.70. The maximum absolute atomic E-state index is 12.8. The summed E-state index contributed by atoms with van der Waals surface area (Å²) in [7, 11) is -1.60. The molecule has 2 aromatic carbocycles. The summed E-state index contributed by atoms with van der Waals surface area (Å²) in [5.74, 6) is -1.49. The molecule has 0 amide bonds. The molecule has 8 heteroatoms. The maximum Gasteiger partial charge on any atom is 0.337 e. The van der Waals surface area contributed by atoms with Gasteiger partial charge in [0.25, 0.3) is 0 Å². The van der Waals surface area contributed by atoms with E-state index in [1.807, 2.05) is 30.3 Å². The minimum absolute atomic E-state index is 0.0463. The van der Waals surface area contributed by atoms with Gasteiger partial charge in [-0.15, -0.1) is 0 Å². The van der Waals surface area contributed by atoms with Crippen LogP contribution in [0.2, 0.25) is 0 Å². The van der Waals surface area contributed by atoms with Gasteiger partial charge < -0.3 is 9.47 Å². The lowest BCUT2D eigenvalue weighted by atomic mass is 9.96. The molecular weight excluding hydrogens is 382 g/mol. The van der Waals surface area contributed by atoms with E-state index in [2.05, 4.69) is 14.2 Å². The van der Waals surface area contributed by atoms with Crippen LogP contribution in [0, 0.1) is 0 Å². The molecule has 0 bridgehead atoms. The Morgan fingerprint density at radius 2 is 1.50 bits per heavy atom. The Bertz CT molecular complexity index is 962. The maximum atomic E-state index is 12.8. The van der Waals surface area contributed by atoms with Gasteiger partial charge in [0.1, 0.15) is 0 Å². The number of ether oxygens (including phenoxy) is 2. The highest BCUT2D eigenvalue weighted by Crippen LogP contribution is 2.47. The van der Waals surface area contributed by atoms with Crippen LogP contribution >= 0.6 is 0 Å². The Kier molecular flexibility index (Phi) is 5.53. The third-order valence-electron chi connectivity index (χ3n) is 4.90. The minimum atomic E-state index is -3.96. The van der Waals surface area contributed by atoms with E-state index in [1.165, 1.54) is 32.4 Å². The molecule has 28 heavy (non-hydrogen) atoms. The molecule has 1 fully saturated rings. The molecule has 1 N–H and O–H groups in total. The average Bonchev–Trinajstić information content (AvgIpc) is 3.52. The molecule has 3 rings (SSSR count). The Morgan fingerprint density at radius 1 is 0.964 bits per heavy atom. The second-order valence-corrected chi connectivity index (χ2v) is 8.47. The highest BCUT2D eigenvalue weighted by molar-refractivity contribution is 7.89. The molecule has 0 unspecified atom stereocenters. The van der Waals surface area contributed by atoms with Crippen molar-refractivity contribution >= 4 is 22.0 Å². The number of rotatable bonds is 7. The summed E-state index contributed by atoms with van der Waals surface area (Å²) in [6, 6.07) is 13.3. The van der Waals surface area contributed by atoms with Gasteiger partial charge in [-0.05, 0) is 36.6 Å². The van der Waals surface area contributed by atoms with Crippen LogP contribution in [-0.4, -0.2) is 41.1 Å². The van der Waals surface area contributed by atoms with Crippen molar-refractivity contribution in [2.24, 2.45) is 0 Å². The van der Waals surface area contributed by atoms with Crippen LogP contribution in [0.3, 0.4) is 0 Å². The van der Waals surface area contributed by atoms with E-state index < -0.39 is 22.0 Å². The van der Waals surface area contributed by atoms with E-state index in [9.17, 15) is 18.0 Å². The van der Waals surface area contributed by atoms with Crippen LogP contribution in [0.5, 0.6) is 0 Å². The molecule has 0 saturated heterocycles. The summed E-state index contributed by atoms with van der Waals surface area (Å²) in [5.41, 5.74) is 0.764. The van der Waals surface area contributed by atoms with Gasteiger partial charge in [0, 0.05) is 12.0 Å². The summed E-state index contributed by atoms with van der Waals surface area (Å²) in [5, 5.41) is 0. The zero-order valence-corrected chi connectivity index (χ0v) is 16.4. The number of sulfonamides is 1. The van der Waals surface area contributed by atoms with E-state index in [-0.39, 0.29) is 28.0 Å². The zero-order valence-electron chi connectivity index (χ0n) is 15.6. The van der Waals surface area contributed by atoms with Gasteiger partial charge >= 0.3 is 11.9 Å². The third-order valence-corrected chi connectivity index (χ3v) is 6.28. The first-order chi connectivity index (χ1) is 13.3. The minimum Gasteiger partial charge on any atom is -0.465 e. The van der Waals surface area contributed by atoms with E-state index in [0.717, 1.165) is 18.4 Å². The molecule has 1 aliphatic rings. The smallest absolute Gasteiger partial charge is 0.337 e. The van der Waals surface area contributed by atoms with E-state index in [4.69, 9.17) is 0 Å². The number of esters is 2. The Morgan fingerprint density at radius 3 is 1.96 bits per heavy atom. The third kappa shape index (κ3) is 4.07. The van der Waals surface area contributed by atoms with E-state index >= 15 is 0 Å². The quantitative estimate of drug-likeness (QED) is 0.712. The molecule has 0 radical (unpaired) electrons. The van der Waals surface area contributed by atoms with Crippen LogP contribution in [0.15, 0.2) is 53.4 Å². The van der Waals surface area contributed by atoms with Crippen LogP contribution in [0.25, 0.3) is 0 Å². The van der Waals surface area contributed by atoms with Crippen molar-refractivity contribution in [1.82, 2.24) is 4.72 Å². The van der Waals surface area contributed by atoms with Gasteiger partial charge in [0.05, 0.1) is 30.2 Å². The van der Waals surface area contributed by atoms with E-state index in [0.29, 0.717) is 0 Å². The topological polar surface area (TPSA) is 98.8 Å². The molecule has 7 nitrogen and oxygen atoms in total. The lowest BCUT2D eigenvalue weighted by Gasteiger charge is -2.17. The SMILES string of the molecule is COC(=O)c1cc(C(=O)OC)cc(S(=O)(=O)NCC2(c3ccccc3)CC2)c1. The fourth-order valence-electron chi connectivity index (χ4n) is 3.05. The van der Waals surface area contributed by atoms with Crippen molar-refractivity contribution < 1.29 is 27.5 Å². The number of carbonyl (C=O) groups is 2. The Balaban J connectivity index is 1.89. The van der Waals surface area contributed by atoms with Crippen molar-refractivity contribution in [2.45, 2.75) is 23.2 Å². The second kappa shape index (κ2) is 7.73. The first-order valence-electron chi connectivity index (χ1n) is 8.68. The predicted molar refractivity (Wildman–Crippen MR) is 102 cm³/mol. The Labute approximate surface area is 163 Å². The summed E-state index contributed by atoms with van der Waals surface area (Å²) in [6.45, 7) is 0.232. The van der Waals surface area contributed by atoms with Crippen LogP contribution in [-0.2, 0) is 24.9 Å². The molecule has 1 aliphatic carbocycles. The summed E-state index contributed by atoms with van der Waals surface area (Å²) in [6.07, 6.45) is 1.77. The summed E-state index contributed by atoms with van der Waals surface area (Å²) in [4.78, 5) is 23.6. The Hall–Kier alpha value is -2.71. The lowest BCUT2D eigenvalue weighted by molar-refractivity contribution is 0.0598. The standard InChI is InChI=1S/C20H21NO6S/c1-26-18(22)14-10-15(19(23)27-2)12-17(11-14)28(24,25)21-13-20(8-9-20)16-6-4-3-5-7-16/h3-7,10-12,21H,8-9,13H2,1-2H3. The van der Waals surface area contributed by atoms with Gasteiger partial charge in [0.15, 0.2) is 0 Å². The summed E-state index contributed by atoms with van der Waals surface area (Å²) < 4.78 is 37.6. The fourth-order valence-corrected chi connectivity index (χ4v) is 4.25. The van der Waals surface area contributed by atoms with Gasteiger partial charge in [-0.2, -0.15) is 0 Å². The normalized spacial score (nSPS) is 14.9. The van der Waals surface area contributed by atoms with Crippen LogP contribution < -0.4 is 4.72 Å². The molecule has 148 valence electrons. The first kappa shape index (κ1) is 20.0. The van der Waals surface area contributed by atoms with Crippen LogP contribution in [0.4, 0.5) is 0 Å². The highest BCUT2D eigenvalue weighted by Gasteiger charge is 2.44. The van der Waals surface area contributed by atoms with Crippen LogP contribution in [0.1, 0.15) is 39.1 Å². The molecule has 0 spiro atoms. The number of methoxy groups -OCH3 is 2. The van der Waals surface area contributed by atoms with Gasteiger partial charge in [0.2, 0.25) is 10.0 Å². The van der Waals surface area contributed by atoms with Crippen molar-refractivity contribution in [1.29, 1.82) is 0 Å². The van der Waals surface area contributed by atoms with Gasteiger partial charge in [-0.25, -0.2) is 22.7 Å². The largest absolute Gasteiger partial charge is 0.465 e. The lowest BCUT2D eigenvalue weighted by Crippen LogP contribution is -2.32. The molecule has 1 saturated carbocycles. The van der Waals surface area contributed by atoms with E-state index in [1.54, 1.807) is 0 Å². The monoisotopic (exact) mass is 403 g/mol. The number of nitrogens with one attached hydrogen (secondary N) is 1.